The molecule has 0 radical (unpaired) electrons. The Balaban J connectivity index is 0.00000451. The number of halogens is 2. The molecule has 0 amide bonds. The lowest BCUT2D eigenvalue weighted by Gasteiger charge is -2.04. The van der Waals surface area contributed by atoms with Crippen molar-refractivity contribution in [1.29, 1.82) is 0 Å². The van der Waals surface area contributed by atoms with Crippen molar-refractivity contribution >= 4 is 41.5 Å². The summed E-state index contributed by atoms with van der Waals surface area (Å²) in [5, 5.41) is 0. The van der Waals surface area contributed by atoms with Crippen molar-refractivity contribution in [1.82, 2.24) is 9.97 Å². The third kappa shape index (κ3) is 9.97. The van der Waals surface area contributed by atoms with Crippen LogP contribution in [0.15, 0.2) is 33.7 Å². The molecule has 0 saturated heterocycles. The van der Waals surface area contributed by atoms with Gasteiger partial charge < -0.3 is 58.1 Å². The molecule has 2 aromatic heterocycles. The molecule has 2 aliphatic heterocycles. The quantitative estimate of drug-likeness (QED) is 0.124. The minimum Gasteiger partial charge on any atom is -1.00 e. The number of hydrogen-bond acceptors (Lipinski definition) is 6. The van der Waals surface area contributed by atoms with E-state index in [1.54, 1.807) is 0 Å². The predicted molar refractivity (Wildman–Crippen MR) is 191 cm³/mol. The van der Waals surface area contributed by atoms with Gasteiger partial charge in [0.25, 0.3) is 0 Å². The molecule has 4 heterocycles. The Labute approximate surface area is 322 Å². The SMILES string of the molecule is CCc1c(C)[nH]c(/C=C2/[NH+]=C(CC3=[NH+]/C(=C\c4[nH]c(C)c(CCC(=O)OC)c4C)C(CCC(=O)OC)=C3C)C(CCC(=O)OC)=C2C)c1C.[Br-].[Br-]. The molecule has 0 atom stereocenters. The van der Waals surface area contributed by atoms with Crippen LogP contribution >= 0.6 is 0 Å². The van der Waals surface area contributed by atoms with Crippen molar-refractivity contribution in [3.05, 3.63) is 78.7 Å². The predicted octanol–water partition coefficient (Wildman–Crippen LogP) is -2.37. The summed E-state index contributed by atoms with van der Waals surface area (Å²) in [6, 6.07) is 0. The molecular weight excluding hydrogens is 780 g/mol. The van der Waals surface area contributed by atoms with E-state index in [2.05, 4.69) is 73.6 Å². The number of rotatable bonds is 14. The number of carbonyl (C=O) groups excluding carboxylic acids is 3. The number of carbonyl (C=O) groups is 3. The Kier molecular flexibility index (Phi) is 16.3. The molecule has 0 saturated carbocycles. The van der Waals surface area contributed by atoms with Crippen LogP contribution in [0.5, 0.6) is 0 Å². The first-order chi connectivity index (χ1) is 23.3. The van der Waals surface area contributed by atoms with Crippen LogP contribution in [0.2, 0.25) is 0 Å². The monoisotopic (exact) mass is 830 g/mol. The minimum absolute atomic E-state index is 0. The first-order valence-electron chi connectivity index (χ1n) is 17.0. The first-order valence-corrected chi connectivity index (χ1v) is 17.0. The maximum atomic E-state index is 12.2. The molecular formula is C39H52Br2N4O6. The number of aromatic amines is 2. The van der Waals surface area contributed by atoms with Crippen molar-refractivity contribution < 1.29 is 72.5 Å². The van der Waals surface area contributed by atoms with Crippen LogP contribution in [0.1, 0.15) is 104 Å². The molecule has 0 bridgehead atoms. The average Bonchev–Trinajstić information content (AvgIpc) is 3.73. The highest BCUT2D eigenvalue weighted by molar-refractivity contribution is 6.15. The Morgan fingerprint density at radius 1 is 0.608 bits per heavy atom. The second kappa shape index (κ2) is 19.2. The molecule has 4 rings (SSSR count). The summed E-state index contributed by atoms with van der Waals surface area (Å²) in [6.45, 7) is 14.7. The summed E-state index contributed by atoms with van der Waals surface area (Å²) in [5.41, 5.74) is 17.2. The van der Waals surface area contributed by atoms with Gasteiger partial charge in [0, 0.05) is 76.5 Å². The number of aryl methyl sites for hydroxylation is 2. The number of allylic oxidation sites excluding steroid dienone is 4. The molecule has 51 heavy (non-hydrogen) atoms. The fourth-order valence-corrected chi connectivity index (χ4v) is 6.97. The van der Waals surface area contributed by atoms with E-state index in [1.807, 2.05) is 6.92 Å². The fourth-order valence-electron chi connectivity index (χ4n) is 6.97. The van der Waals surface area contributed by atoms with E-state index in [-0.39, 0.29) is 64.7 Å². The van der Waals surface area contributed by atoms with Crippen molar-refractivity contribution in [2.24, 2.45) is 0 Å². The summed E-state index contributed by atoms with van der Waals surface area (Å²) < 4.78 is 14.8. The van der Waals surface area contributed by atoms with E-state index in [9.17, 15) is 14.4 Å². The van der Waals surface area contributed by atoms with Crippen LogP contribution in [-0.4, -0.2) is 60.6 Å². The highest BCUT2D eigenvalue weighted by atomic mass is 79.9. The number of aromatic nitrogens is 2. The van der Waals surface area contributed by atoms with E-state index < -0.39 is 0 Å². The van der Waals surface area contributed by atoms with Gasteiger partial charge in [-0.2, -0.15) is 0 Å². The summed E-state index contributed by atoms with van der Waals surface area (Å²) in [6.07, 6.45) is 8.27. The molecule has 0 aliphatic carbocycles. The molecule has 2 aliphatic rings. The number of hydrogen-bond donors (Lipinski definition) is 4. The van der Waals surface area contributed by atoms with Gasteiger partial charge in [-0.3, -0.25) is 14.4 Å². The topological polar surface area (TPSA) is 138 Å². The molecule has 4 N–H and O–H groups in total. The van der Waals surface area contributed by atoms with E-state index in [1.165, 1.54) is 38.2 Å². The van der Waals surface area contributed by atoms with E-state index in [0.29, 0.717) is 32.1 Å². The Bertz CT molecular complexity index is 1850. The maximum Gasteiger partial charge on any atom is 0.305 e. The first kappa shape index (κ1) is 43.4. The van der Waals surface area contributed by atoms with Gasteiger partial charge in [-0.1, -0.05) is 6.92 Å². The molecule has 0 fully saturated rings. The van der Waals surface area contributed by atoms with Gasteiger partial charge in [-0.05, 0) is 89.5 Å². The lowest BCUT2D eigenvalue weighted by Crippen LogP contribution is -3.00. The summed E-state index contributed by atoms with van der Waals surface area (Å²) in [4.78, 5) is 50.8. The van der Waals surface area contributed by atoms with Crippen LogP contribution in [0.4, 0.5) is 0 Å². The number of H-pyrrole nitrogens is 2. The van der Waals surface area contributed by atoms with Crippen LogP contribution in [-0.2, 0) is 41.4 Å². The van der Waals surface area contributed by atoms with E-state index >= 15 is 0 Å². The fraction of sp³-hybridized carbons (Fsp3) is 0.462. The lowest BCUT2D eigenvalue weighted by atomic mass is 9.94. The number of methoxy groups -OCH3 is 3. The standard InChI is InChI=1S/C39H50N4O6.2BrH/c1-11-27-21(2)31(40-25(27)6)18-33-23(4)29(13-16-38(45)48-9)36(42-33)20-34-24(5)30(14-17-39(46)49-10)35(43-34)19-32-22(3)28(26(7)41-32)12-15-37(44)47-8;;/h18-19,40-41H,11-17,20H2,1-10H3;2*1H/b33-18+,35-19-;;. The molecule has 278 valence electrons. The minimum atomic E-state index is -0.267. The number of nitrogens with one attached hydrogen (secondary N) is 4. The largest absolute Gasteiger partial charge is 1.00 e. The molecule has 0 unspecified atom stereocenters. The van der Waals surface area contributed by atoms with Gasteiger partial charge in [-0.25, -0.2) is 9.98 Å². The lowest BCUT2D eigenvalue weighted by molar-refractivity contribution is -0.393. The van der Waals surface area contributed by atoms with Gasteiger partial charge in [-0.15, -0.1) is 0 Å². The van der Waals surface area contributed by atoms with Gasteiger partial charge in [0.15, 0.2) is 11.4 Å². The van der Waals surface area contributed by atoms with Crippen LogP contribution in [0.25, 0.3) is 12.2 Å². The molecule has 12 heteroatoms. The van der Waals surface area contributed by atoms with Gasteiger partial charge in [0.1, 0.15) is 6.42 Å². The highest BCUT2D eigenvalue weighted by Crippen LogP contribution is 2.29. The summed E-state index contributed by atoms with van der Waals surface area (Å²) >= 11 is 0. The van der Waals surface area contributed by atoms with Crippen molar-refractivity contribution in [3.8, 4) is 0 Å². The maximum absolute atomic E-state index is 12.2. The van der Waals surface area contributed by atoms with Crippen molar-refractivity contribution in [3.63, 3.8) is 0 Å². The summed E-state index contributed by atoms with van der Waals surface area (Å²) in [7, 11) is 4.23. The van der Waals surface area contributed by atoms with E-state index in [4.69, 9.17) is 14.2 Å². The third-order valence-corrected chi connectivity index (χ3v) is 9.99. The molecule has 10 nitrogen and oxygen atoms in total. The highest BCUT2D eigenvalue weighted by Gasteiger charge is 2.35. The number of esters is 3. The Morgan fingerprint density at radius 2 is 1.06 bits per heavy atom. The third-order valence-electron chi connectivity index (χ3n) is 9.99. The van der Waals surface area contributed by atoms with Crippen LogP contribution in [0, 0.1) is 27.7 Å². The zero-order chi connectivity index (χ0) is 36.0. The average molecular weight is 833 g/mol. The normalized spacial score (nSPS) is 15.6. The summed E-state index contributed by atoms with van der Waals surface area (Å²) in [5.74, 6) is -0.757. The number of ether oxygens (including phenoxy) is 3. The van der Waals surface area contributed by atoms with Gasteiger partial charge in [0.05, 0.1) is 21.3 Å². The zero-order valence-corrected chi connectivity index (χ0v) is 34.7. The molecule has 2 aromatic rings. The van der Waals surface area contributed by atoms with E-state index in [0.717, 1.165) is 79.7 Å². The molecule has 0 aromatic carbocycles. The van der Waals surface area contributed by atoms with Crippen LogP contribution < -0.4 is 43.9 Å². The van der Waals surface area contributed by atoms with Crippen molar-refractivity contribution in [2.45, 2.75) is 99.8 Å². The van der Waals surface area contributed by atoms with Gasteiger partial charge >= 0.3 is 17.9 Å². The molecule has 0 spiro atoms. The Hall–Kier alpha value is -3.77. The zero-order valence-electron chi connectivity index (χ0n) is 31.5. The Morgan fingerprint density at radius 3 is 1.57 bits per heavy atom. The second-order valence-corrected chi connectivity index (χ2v) is 12.8. The van der Waals surface area contributed by atoms with Crippen LogP contribution in [0.3, 0.4) is 0 Å². The van der Waals surface area contributed by atoms with Crippen molar-refractivity contribution in [2.75, 3.05) is 21.3 Å². The smallest absolute Gasteiger partial charge is 0.305 e. The second-order valence-electron chi connectivity index (χ2n) is 12.8. The van der Waals surface area contributed by atoms with Gasteiger partial charge in [0.2, 0.25) is 11.4 Å².